The normalized spacial score (nSPS) is 13.8. The number of fused-ring (bicyclic) bond motifs is 6. The van der Waals surface area contributed by atoms with Crippen molar-refractivity contribution in [3.05, 3.63) is 233 Å². The fraction of sp³-hybridized carbons (Fsp3) is 0.0800. The van der Waals surface area contributed by atoms with Crippen molar-refractivity contribution in [3.8, 4) is 28.8 Å². The zero-order valence-corrected chi connectivity index (χ0v) is 41.9. The molecule has 16 heteroatoms. The first-order chi connectivity index (χ1) is 31.5. The molecule has 4 aromatic heterocycles. The molecule has 0 unspecified atom stereocenters. The van der Waals surface area contributed by atoms with E-state index in [0.717, 1.165) is 65.3 Å². The molecule has 0 N–H and O–H groups in total. The number of halogens is 10. The smallest absolute Gasteiger partial charge is 0.240 e. The number of nitriles is 1. The summed E-state index contributed by atoms with van der Waals surface area (Å²) in [5, 5.41) is 9.31. The van der Waals surface area contributed by atoms with Gasteiger partial charge in [0.1, 0.15) is 14.8 Å². The highest BCUT2D eigenvalue weighted by Crippen LogP contribution is 2.57. The average Bonchev–Trinajstić information content (AvgIpc) is 3.75. The van der Waals surface area contributed by atoms with E-state index in [1.165, 1.54) is 24.3 Å². The van der Waals surface area contributed by atoms with Crippen LogP contribution in [0.4, 0.5) is 32.0 Å². The number of nitrogens with zero attached hydrogens (tertiary/aromatic N) is 6. The fourth-order valence-corrected chi connectivity index (χ4v) is 10.6. The molecule has 10 rings (SSSR count). The third kappa shape index (κ3) is 7.84. The maximum absolute atomic E-state index is 13.3. The lowest BCUT2D eigenvalue weighted by molar-refractivity contribution is -0.138. The van der Waals surface area contributed by atoms with E-state index in [1.54, 1.807) is 12.1 Å². The molecule has 0 saturated heterocycles. The van der Waals surface area contributed by atoms with Gasteiger partial charge in [0, 0.05) is 0 Å². The Hall–Kier alpha value is -5.04. The van der Waals surface area contributed by atoms with Crippen molar-refractivity contribution < 1.29 is 26.3 Å². The Kier molecular flexibility index (Phi) is 12.3. The molecule has 0 radical (unpaired) electrons. The van der Waals surface area contributed by atoms with E-state index in [2.05, 4.69) is 123 Å². The molecule has 324 valence electrons. The summed E-state index contributed by atoms with van der Waals surface area (Å²) < 4.78 is 83.0. The Morgan fingerprint density at radius 2 is 0.697 bits per heavy atom. The molecule has 4 aromatic carbocycles. The van der Waals surface area contributed by atoms with Crippen LogP contribution in [0.2, 0.25) is 0 Å². The summed E-state index contributed by atoms with van der Waals surface area (Å²) in [5.74, 6) is 0. The quantitative estimate of drug-likeness (QED) is 0.0759. The zero-order chi connectivity index (χ0) is 46.8. The van der Waals surface area contributed by atoms with Gasteiger partial charge in [0.15, 0.2) is 5.69 Å². The van der Waals surface area contributed by atoms with Gasteiger partial charge in [-0.05, 0) is 196 Å². The van der Waals surface area contributed by atoms with E-state index >= 15 is 0 Å². The molecule has 8 aromatic rings. The Bertz CT molecular complexity index is 3070. The molecule has 0 spiro atoms. The first kappa shape index (κ1) is 46.1. The van der Waals surface area contributed by atoms with E-state index in [-0.39, 0.29) is 0 Å². The first-order valence-corrected chi connectivity index (χ1v) is 23.8. The monoisotopic (exact) mass is 1330 g/mol. The lowest BCUT2D eigenvalue weighted by Gasteiger charge is -2.33. The Morgan fingerprint density at radius 1 is 0.424 bits per heavy atom. The maximum atomic E-state index is 13.3. The lowest BCUT2D eigenvalue weighted by Crippen LogP contribution is -2.29. The Morgan fingerprint density at radius 3 is 0.955 bits per heavy atom. The van der Waals surface area contributed by atoms with Crippen LogP contribution >= 0.6 is 90.4 Å². The van der Waals surface area contributed by atoms with Crippen molar-refractivity contribution >= 4 is 96.1 Å². The predicted octanol–water partition coefficient (Wildman–Crippen LogP) is 14.6. The van der Waals surface area contributed by atoms with Crippen molar-refractivity contribution in [2.75, 3.05) is 0 Å². The van der Waals surface area contributed by atoms with Crippen LogP contribution in [-0.4, -0.2) is 19.9 Å². The summed E-state index contributed by atoms with van der Waals surface area (Å²) in [6.07, 6.45) is -9.05. The Balaban J connectivity index is 0.000000167. The van der Waals surface area contributed by atoms with Gasteiger partial charge in [-0.15, -0.1) is 0 Å². The van der Waals surface area contributed by atoms with Crippen LogP contribution in [0.1, 0.15) is 61.2 Å². The second-order valence-corrected chi connectivity index (χ2v) is 19.5. The molecule has 2 aliphatic rings. The number of hydrogen-bond donors (Lipinski definition) is 0. The van der Waals surface area contributed by atoms with Crippen molar-refractivity contribution in [1.82, 2.24) is 19.9 Å². The number of hydrogen-bond acceptors (Lipinski definition) is 5. The molecular weight excluding hydrogens is 1310 g/mol. The summed E-state index contributed by atoms with van der Waals surface area (Å²) in [5.41, 5.74) is 6.99. The molecule has 0 aliphatic heterocycles. The van der Waals surface area contributed by atoms with Gasteiger partial charge in [0.05, 0.1) is 62.9 Å². The molecule has 0 saturated carbocycles. The second kappa shape index (κ2) is 17.6. The zero-order valence-electron chi connectivity index (χ0n) is 33.3. The van der Waals surface area contributed by atoms with Crippen molar-refractivity contribution in [2.24, 2.45) is 0 Å². The number of alkyl halides is 6. The maximum Gasteiger partial charge on any atom is 0.416 e. The summed E-state index contributed by atoms with van der Waals surface area (Å²) in [7, 11) is 0. The summed E-state index contributed by atoms with van der Waals surface area (Å²) in [6, 6.07) is 42.5. The molecule has 0 fully saturated rings. The fourth-order valence-electron chi connectivity index (χ4n) is 8.94. The summed E-state index contributed by atoms with van der Waals surface area (Å²) >= 11 is 8.58. The van der Waals surface area contributed by atoms with Gasteiger partial charge in [-0.3, -0.25) is 0 Å². The number of aromatic nitrogens is 4. The average molecular weight is 1330 g/mol. The molecule has 0 atom stereocenters. The van der Waals surface area contributed by atoms with Gasteiger partial charge in [-0.1, -0.05) is 84.9 Å². The minimum atomic E-state index is -4.53. The van der Waals surface area contributed by atoms with Gasteiger partial charge in [0.25, 0.3) is 0 Å². The highest BCUT2D eigenvalue weighted by Gasteiger charge is 2.50. The topological polar surface area (TPSA) is 79.7 Å². The molecular formula is C50H24F6I4N6. The number of rotatable bonds is 4. The van der Waals surface area contributed by atoms with Gasteiger partial charge in [0.2, 0.25) is 0 Å². The Labute approximate surface area is 428 Å². The van der Waals surface area contributed by atoms with Crippen LogP contribution in [0.3, 0.4) is 0 Å². The van der Waals surface area contributed by atoms with Crippen LogP contribution in [0.15, 0.2) is 146 Å². The van der Waals surface area contributed by atoms with E-state index < -0.39 is 34.3 Å². The third-order valence-corrected chi connectivity index (χ3v) is 14.1. The van der Waals surface area contributed by atoms with E-state index in [4.69, 9.17) is 16.5 Å². The first-order valence-electron chi connectivity index (χ1n) is 19.5. The van der Waals surface area contributed by atoms with Crippen LogP contribution in [0.25, 0.3) is 27.6 Å². The molecule has 4 heterocycles. The van der Waals surface area contributed by atoms with Crippen LogP contribution in [0.5, 0.6) is 0 Å². The van der Waals surface area contributed by atoms with Crippen molar-refractivity contribution in [2.45, 2.75) is 23.2 Å². The van der Waals surface area contributed by atoms with E-state index in [0.29, 0.717) is 52.3 Å². The van der Waals surface area contributed by atoms with Crippen LogP contribution in [0, 0.1) is 32.7 Å². The molecule has 0 bridgehead atoms. The summed E-state index contributed by atoms with van der Waals surface area (Å²) in [6.45, 7) is 7.34. The highest BCUT2D eigenvalue weighted by atomic mass is 127. The van der Waals surface area contributed by atoms with Gasteiger partial charge >= 0.3 is 12.4 Å². The summed E-state index contributed by atoms with van der Waals surface area (Å²) in [4.78, 5) is 22.6. The van der Waals surface area contributed by atoms with Crippen LogP contribution < -0.4 is 0 Å². The van der Waals surface area contributed by atoms with Gasteiger partial charge in [-0.25, -0.2) is 24.8 Å². The number of pyridine rings is 4. The van der Waals surface area contributed by atoms with Gasteiger partial charge < -0.3 is 0 Å². The van der Waals surface area contributed by atoms with E-state index in [9.17, 15) is 31.6 Å². The SMILES string of the molecule is FC(F)(F)c1ccc(C2(c3ccc(C(F)(F)F)cc3)c3ccc(I)nc3-c3nc(I)ccc32)cc1.[C-]#[N+]c1ccc(C2(c3ccc(C#N)cc3)c3ccc(I)nc3-c3nc(I)ccc32)cc1. The lowest BCUT2D eigenvalue weighted by atomic mass is 9.68. The molecule has 6 nitrogen and oxygen atoms in total. The van der Waals surface area contributed by atoms with E-state index in [1.807, 2.05) is 72.8 Å². The molecule has 66 heavy (non-hydrogen) atoms. The van der Waals surface area contributed by atoms with Crippen molar-refractivity contribution in [1.29, 1.82) is 5.26 Å². The predicted molar refractivity (Wildman–Crippen MR) is 271 cm³/mol. The number of benzene rings is 4. The minimum absolute atomic E-state index is 0.469. The second-order valence-electron chi connectivity index (χ2n) is 15.1. The third-order valence-electron chi connectivity index (χ3n) is 11.7. The van der Waals surface area contributed by atoms with Gasteiger partial charge in [-0.2, -0.15) is 31.6 Å². The minimum Gasteiger partial charge on any atom is -0.240 e. The molecule has 2 aliphatic carbocycles. The largest absolute Gasteiger partial charge is 0.416 e. The van der Waals surface area contributed by atoms with Crippen molar-refractivity contribution in [3.63, 3.8) is 0 Å². The van der Waals surface area contributed by atoms with Crippen LogP contribution in [-0.2, 0) is 23.2 Å². The highest BCUT2D eigenvalue weighted by molar-refractivity contribution is 14.1. The standard InChI is InChI=1S/C25H12F6I2N2.C25H12I2N4/c26-24(27,28)15-5-1-13(2-6-15)23(14-3-7-16(8-4-14)25(29,30)31)17-9-11-19(32)34-21(17)22-18(23)10-12-20(33)35-22;1-29-18-8-6-17(7-9-18)25(16-4-2-15(14-28)3-5-16)19-10-12-21(26)30-23(19)24-20(25)11-13-22(27)31-24/h1-12H;2-13H. The molecule has 0 amide bonds.